The maximum atomic E-state index is 13.3. The van der Waals surface area contributed by atoms with E-state index in [4.69, 9.17) is 14.7 Å². The Morgan fingerprint density at radius 3 is 2.65 bits per heavy atom. The largest absolute Gasteiger partial charge is 0.445 e. The van der Waals surface area contributed by atoms with Gasteiger partial charge in [-0.3, -0.25) is 4.90 Å². The number of hydrogen-bond acceptors (Lipinski definition) is 4. The Labute approximate surface area is 177 Å². The van der Waals surface area contributed by atoms with Crippen LogP contribution in [-0.2, 0) is 22.3 Å². The highest BCUT2D eigenvalue weighted by atomic mass is 19.4. The fraction of sp³-hybridized carbons (Fsp3) is 0.304. The number of carbonyl (C=O) groups is 1. The van der Waals surface area contributed by atoms with Crippen LogP contribution in [0, 0.1) is 11.3 Å². The maximum Gasteiger partial charge on any atom is 0.416 e. The van der Waals surface area contributed by atoms with Crippen molar-refractivity contribution in [3.05, 3.63) is 76.9 Å². The van der Waals surface area contributed by atoms with Gasteiger partial charge in [0.25, 0.3) is 0 Å². The summed E-state index contributed by atoms with van der Waals surface area (Å²) in [4.78, 5) is 14.3. The van der Waals surface area contributed by atoms with Gasteiger partial charge in [0, 0.05) is 0 Å². The van der Waals surface area contributed by atoms with Crippen molar-refractivity contribution in [2.24, 2.45) is 0 Å². The molecule has 0 N–H and O–H groups in total. The molecule has 8 heteroatoms. The van der Waals surface area contributed by atoms with E-state index in [1.807, 2.05) is 30.3 Å². The summed E-state index contributed by atoms with van der Waals surface area (Å²) >= 11 is 0. The average Bonchev–Trinajstić information content (AvgIpc) is 2.76. The molecule has 0 radical (unpaired) electrons. The van der Waals surface area contributed by atoms with Gasteiger partial charge in [0.15, 0.2) is 0 Å². The first-order chi connectivity index (χ1) is 14.8. The lowest BCUT2D eigenvalue weighted by molar-refractivity contribution is -0.137. The monoisotopic (exact) mass is 428 g/mol. The highest BCUT2D eigenvalue weighted by Gasteiger charge is 2.39. The zero-order valence-corrected chi connectivity index (χ0v) is 16.4. The normalized spacial score (nSPS) is 20.6. The molecule has 0 saturated carbocycles. The zero-order chi connectivity index (χ0) is 22.0. The molecular formula is C23H19F3N2O3. The van der Waals surface area contributed by atoms with Crippen molar-refractivity contribution in [1.82, 2.24) is 4.90 Å². The summed E-state index contributed by atoms with van der Waals surface area (Å²) in [6.07, 6.45) is -3.00. The van der Waals surface area contributed by atoms with Crippen molar-refractivity contribution in [2.75, 3.05) is 13.2 Å². The SMILES string of the molecule is N#Cc1cc(C2=CC3COCC(C2)N3C(=O)OCc2ccccc2)cc(C(F)(F)F)c1. The zero-order valence-electron chi connectivity index (χ0n) is 16.4. The molecule has 0 spiro atoms. The molecule has 2 bridgehead atoms. The third-order valence-electron chi connectivity index (χ3n) is 5.37. The molecule has 2 aliphatic rings. The van der Waals surface area contributed by atoms with Crippen molar-refractivity contribution < 1.29 is 27.4 Å². The van der Waals surface area contributed by atoms with Crippen LogP contribution in [0.4, 0.5) is 18.0 Å². The highest BCUT2D eigenvalue weighted by molar-refractivity contribution is 5.75. The third-order valence-corrected chi connectivity index (χ3v) is 5.37. The van der Waals surface area contributed by atoms with Gasteiger partial charge in [-0.15, -0.1) is 0 Å². The van der Waals surface area contributed by atoms with Gasteiger partial charge in [-0.1, -0.05) is 36.4 Å². The molecule has 0 aromatic heterocycles. The summed E-state index contributed by atoms with van der Waals surface area (Å²) in [6, 6.07) is 13.6. The first kappa shape index (κ1) is 20.9. The van der Waals surface area contributed by atoms with Crippen molar-refractivity contribution in [3.8, 4) is 6.07 Å². The smallest absolute Gasteiger partial charge is 0.416 e. The molecular weight excluding hydrogens is 409 g/mol. The minimum Gasteiger partial charge on any atom is -0.445 e. The predicted molar refractivity (Wildman–Crippen MR) is 106 cm³/mol. The van der Waals surface area contributed by atoms with Gasteiger partial charge in [-0.25, -0.2) is 4.79 Å². The number of hydrogen-bond donors (Lipinski definition) is 0. The summed E-state index contributed by atoms with van der Waals surface area (Å²) in [5.74, 6) is 0. The van der Waals surface area contributed by atoms with E-state index in [1.54, 1.807) is 17.0 Å². The molecule has 1 amide bonds. The van der Waals surface area contributed by atoms with Crippen LogP contribution in [0.15, 0.2) is 54.6 Å². The van der Waals surface area contributed by atoms with Crippen LogP contribution >= 0.6 is 0 Å². The molecule has 4 rings (SSSR count). The number of ether oxygens (including phenoxy) is 2. The Kier molecular flexibility index (Phi) is 5.70. The Bertz CT molecular complexity index is 1040. The fourth-order valence-corrected chi connectivity index (χ4v) is 3.93. The van der Waals surface area contributed by atoms with E-state index in [-0.39, 0.29) is 31.4 Å². The second kappa shape index (κ2) is 8.44. The molecule has 2 atom stereocenters. The number of morpholine rings is 1. The molecule has 2 heterocycles. The Morgan fingerprint density at radius 2 is 1.97 bits per heavy atom. The van der Waals surface area contributed by atoms with E-state index in [2.05, 4.69) is 0 Å². The van der Waals surface area contributed by atoms with Crippen molar-refractivity contribution in [1.29, 1.82) is 5.26 Å². The molecule has 31 heavy (non-hydrogen) atoms. The summed E-state index contributed by atoms with van der Waals surface area (Å²) in [5, 5.41) is 9.15. The molecule has 2 aliphatic heterocycles. The Morgan fingerprint density at radius 1 is 1.19 bits per heavy atom. The van der Waals surface area contributed by atoms with Crippen LogP contribution in [0.25, 0.3) is 5.57 Å². The summed E-state index contributed by atoms with van der Waals surface area (Å²) in [7, 11) is 0. The molecule has 2 aromatic carbocycles. The molecule has 2 unspecified atom stereocenters. The molecule has 2 aromatic rings. The summed E-state index contributed by atoms with van der Waals surface area (Å²) < 4.78 is 50.8. The van der Waals surface area contributed by atoms with Crippen molar-refractivity contribution >= 4 is 11.7 Å². The minimum atomic E-state index is -4.55. The number of nitrogens with zero attached hydrogens (tertiary/aromatic N) is 2. The molecule has 1 fully saturated rings. The molecule has 5 nitrogen and oxygen atoms in total. The standard InChI is InChI=1S/C23H19F3N2O3/c24-23(25,26)19-7-16(11-27)6-17(8-19)18-9-20-13-30-14-21(10-18)28(20)22(29)31-12-15-4-2-1-3-5-15/h1-9,20-21H,10,12-14H2. The van der Waals surface area contributed by atoms with E-state index >= 15 is 0 Å². The van der Waals surface area contributed by atoms with Crippen molar-refractivity contribution in [2.45, 2.75) is 31.3 Å². The van der Waals surface area contributed by atoms with Gasteiger partial charge in [0.1, 0.15) is 6.61 Å². The second-order valence-electron chi connectivity index (χ2n) is 7.51. The fourth-order valence-electron chi connectivity index (χ4n) is 3.93. The number of halogens is 3. The first-order valence-electron chi connectivity index (χ1n) is 9.75. The molecule has 1 saturated heterocycles. The minimum absolute atomic E-state index is 0.0585. The predicted octanol–water partition coefficient (Wildman–Crippen LogP) is 4.77. The van der Waals surface area contributed by atoms with E-state index in [1.165, 1.54) is 6.07 Å². The highest BCUT2D eigenvalue weighted by Crippen LogP contribution is 2.37. The average molecular weight is 428 g/mol. The van der Waals surface area contributed by atoms with E-state index in [0.29, 0.717) is 17.6 Å². The van der Waals surface area contributed by atoms with Crippen LogP contribution in [0.5, 0.6) is 0 Å². The number of carbonyl (C=O) groups excluding carboxylic acids is 1. The lowest BCUT2D eigenvalue weighted by atomic mass is 9.88. The lowest BCUT2D eigenvalue weighted by Gasteiger charge is -2.43. The van der Waals surface area contributed by atoms with Gasteiger partial charge >= 0.3 is 12.3 Å². The topological polar surface area (TPSA) is 62.6 Å². The third kappa shape index (κ3) is 4.57. The van der Waals surface area contributed by atoms with E-state index in [0.717, 1.165) is 17.7 Å². The van der Waals surface area contributed by atoms with Crippen LogP contribution < -0.4 is 0 Å². The summed E-state index contributed by atoms with van der Waals surface area (Å²) in [5.41, 5.74) is 0.928. The first-order valence-corrected chi connectivity index (χ1v) is 9.75. The Balaban J connectivity index is 1.58. The number of rotatable bonds is 3. The van der Waals surface area contributed by atoms with Gasteiger partial charge in [-0.2, -0.15) is 18.4 Å². The van der Waals surface area contributed by atoms with Crippen LogP contribution in [0.3, 0.4) is 0 Å². The van der Waals surface area contributed by atoms with Crippen LogP contribution in [0.2, 0.25) is 0 Å². The number of benzene rings is 2. The van der Waals surface area contributed by atoms with Crippen LogP contribution in [0.1, 0.15) is 28.7 Å². The maximum absolute atomic E-state index is 13.3. The van der Waals surface area contributed by atoms with E-state index < -0.39 is 23.9 Å². The quantitative estimate of drug-likeness (QED) is 0.707. The number of alkyl halides is 3. The molecule has 0 aliphatic carbocycles. The van der Waals surface area contributed by atoms with Gasteiger partial charge in [-0.05, 0) is 41.3 Å². The van der Waals surface area contributed by atoms with E-state index in [9.17, 15) is 18.0 Å². The molecule has 160 valence electrons. The van der Waals surface area contributed by atoms with Crippen LogP contribution in [-0.4, -0.2) is 36.3 Å². The number of amides is 1. The lowest BCUT2D eigenvalue weighted by Crippen LogP contribution is -2.56. The second-order valence-corrected chi connectivity index (χ2v) is 7.51. The summed E-state index contributed by atoms with van der Waals surface area (Å²) in [6.45, 7) is 0.620. The Hall–Kier alpha value is -3.31. The van der Waals surface area contributed by atoms with Gasteiger partial charge in [0.05, 0.1) is 42.5 Å². The number of fused-ring (bicyclic) bond motifs is 2. The van der Waals surface area contributed by atoms with Crippen molar-refractivity contribution in [3.63, 3.8) is 0 Å². The number of nitriles is 1. The van der Waals surface area contributed by atoms with Gasteiger partial charge < -0.3 is 9.47 Å². The van der Waals surface area contributed by atoms with Gasteiger partial charge in [0.2, 0.25) is 0 Å².